The summed E-state index contributed by atoms with van der Waals surface area (Å²) in [5.74, 6) is -0.906. The first-order valence-corrected chi connectivity index (χ1v) is 8.02. The van der Waals surface area contributed by atoms with Gasteiger partial charge in [-0.2, -0.15) is 0 Å². The number of esters is 1. The molecule has 130 valence electrons. The lowest BCUT2D eigenvalue weighted by atomic mass is 9.97. The molecule has 7 nitrogen and oxygen atoms in total. The quantitative estimate of drug-likeness (QED) is 0.417. The van der Waals surface area contributed by atoms with Crippen LogP contribution < -0.4 is 10.6 Å². The first kappa shape index (κ1) is 19.2. The van der Waals surface area contributed by atoms with Crippen molar-refractivity contribution in [2.24, 2.45) is 5.92 Å². The van der Waals surface area contributed by atoms with Gasteiger partial charge < -0.3 is 20.5 Å². The van der Waals surface area contributed by atoms with Crippen molar-refractivity contribution in [1.29, 1.82) is 0 Å². The molecule has 2 amide bonds. The van der Waals surface area contributed by atoms with Gasteiger partial charge in [0.25, 0.3) is 0 Å². The van der Waals surface area contributed by atoms with Crippen LogP contribution in [0.4, 0.5) is 0 Å². The van der Waals surface area contributed by atoms with Gasteiger partial charge in [0.2, 0.25) is 11.8 Å². The van der Waals surface area contributed by atoms with E-state index >= 15 is 0 Å². The highest BCUT2D eigenvalue weighted by molar-refractivity contribution is 5.83. The van der Waals surface area contributed by atoms with Crippen LogP contribution in [-0.4, -0.2) is 48.2 Å². The summed E-state index contributed by atoms with van der Waals surface area (Å²) in [4.78, 5) is 35.0. The molecule has 0 saturated carbocycles. The van der Waals surface area contributed by atoms with E-state index in [1.807, 2.05) is 0 Å². The Labute approximate surface area is 136 Å². The molecule has 23 heavy (non-hydrogen) atoms. The summed E-state index contributed by atoms with van der Waals surface area (Å²) < 4.78 is 4.82. The number of carbonyl (C=O) groups excluding carboxylic acids is 3. The second-order valence-electron chi connectivity index (χ2n) is 5.69. The lowest BCUT2D eigenvalue weighted by molar-refractivity contribution is -0.137. The molecule has 1 aliphatic rings. The molecule has 7 heteroatoms. The Morgan fingerprint density at radius 2 is 2.26 bits per heavy atom. The number of hydrogen-bond donors (Lipinski definition) is 3. The van der Waals surface area contributed by atoms with Crippen molar-refractivity contribution < 1.29 is 24.2 Å². The molecular formula is C16H26N2O5. The summed E-state index contributed by atoms with van der Waals surface area (Å²) >= 11 is 0. The Hall–Kier alpha value is -1.89. The third-order valence-electron chi connectivity index (χ3n) is 3.59. The monoisotopic (exact) mass is 326 g/mol. The van der Waals surface area contributed by atoms with Crippen LogP contribution in [-0.2, 0) is 19.1 Å². The van der Waals surface area contributed by atoms with Crippen molar-refractivity contribution >= 4 is 17.8 Å². The zero-order valence-electron chi connectivity index (χ0n) is 13.7. The lowest BCUT2D eigenvalue weighted by Gasteiger charge is -2.18. The first-order chi connectivity index (χ1) is 10.9. The molecule has 0 aromatic carbocycles. The molecule has 3 atom stereocenters. The fourth-order valence-electron chi connectivity index (χ4n) is 2.37. The molecule has 0 aliphatic carbocycles. The Morgan fingerprint density at radius 1 is 1.52 bits per heavy atom. The minimum atomic E-state index is -0.546. The summed E-state index contributed by atoms with van der Waals surface area (Å²) in [5.41, 5.74) is 0. The van der Waals surface area contributed by atoms with Crippen LogP contribution in [0.15, 0.2) is 12.2 Å². The maximum Gasteiger partial charge on any atom is 0.330 e. The Kier molecular flexibility index (Phi) is 8.32. The Morgan fingerprint density at radius 3 is 2.83 bits per heavy atom. The molecule has 0 aromatic rings. The average Bonchev–Trinajstić information content (AvgIpc) is 2.88. The molecule has 3 N–H and O–H groups in total. The van der Waals surface area contributed by atoms with Gasteiger partial charge >= 0.3 is 5.97 Å². The van der Waals surface area contributed by atoms with Crippen LogP contribution >= 0.6 is 0 Å². The van der Waals surface area contributed by atoms with E-state index in [2.05, 4.69) is 10.6 Å². The highest BCUT2D eigenvalue weighted by Gasteiger charge is 2.27. The van der Waals surface area contributed by atoms with E-state index in [0.717, 1.165) is 0 Å². The summed E-state index contributed by atoms with van der Waals surface area (Å²) in [5, 5.41) is 14.8. The predicted octanol–water partition coefficient (Wildman–Crippen LogP) is 0.278. The molecule has 1 fully saturated rings. The number of carbonyl (C=O) groups is 3. The normalized spacial score (nSPS) is 20.1. The number of rotatable bonds is 9. The standard InChI is InChI=1S/C16H26N2O5/c1-3-23-15(21)7-5-13(10-12-8-9-17-16(12)22)18-14(20)6-4-11(2)19/h5,7,11-13,19H,3-4,6,8-10H2,1-2H3,(H,17,22)(H,18,20)/b7-5+/t11?,12-,13+/m0/s1. The van der Waals surface area contributed by atoms with E-state index in [1.165, 1.54) is 6.08 Å². The molecule has 0 spiro atoms. The summed E-state index contributed by atoms with van der Waals surface area (Å²) in [6, 6.07) is -0.422. The minimum absolute atomic E-state index is 0.0298. The maximum atomic E-state index is 11.9. The third kappa shape index (κ3) is 7.78. The third-order valence-corrected chi connectivity index (χ3v) is 3.59. The minimum Gasteiger partial charge on any atom is -0.463 e. The van der Waals surface area contributed by atoms with E-state index in [-0.39, 0.29) is 30.8 Å². The van der Waals surface area contributed by atoms with Crippen LogP contribution in [0.1, 0.15) is 39.5 Å². The van der Waals surface area contributed by atoms with Crippen LogP contribution in [0.3, 0.4) is 0 Å². The van der Waals surface area contributed by atoms with Gasteiger partial charge in [0.05, 0.1) is 12.7 Å². The van der Waals surface area contributed by atoms with Gasteiger partial charge in [0.1, 0.15) is 0 Å². The highest BCUT2D eigenvalue weighted by Crippen LogP contribution is 2.17. The van der Waals surface area contributed by atoms with E-state index < -0.39 is 18.1 Å². The topological polar surface area (TPSA) is 105 Å². The van der Waals surface area contributed by atoms with Crippen molar-refractivity contribution in [3.05, 3.63) is 12.2 Å². The van der Waals surface area contributed by atoms with Crippen molar-refractivity contribution in [3.8, 4) is 0 Å². The van der Waals surface area contributed by atoms with Crippen molar-refractivity contribution in [2.45, 2.75) is 51.7 Å². The smallest absolute Gasteiger partial charge is 0.330 e. The molecule has 1 saturated heterocycles. The Balaban J connectivity index is 2.61. The van der Waals surface area contributed by atoms with E-state index in [4.69, 9.17) is 4.74 Å². The van der Waals surface area contributed by atoms with Gasteiger partial charge in [-0.1, -0.05) is 6.08 Å². The molecule has 1 rings (SSSR count). The van der Waals surface area contributed by atoms with Gasteiger partial charge in [0, 0.05) is 31.0 Å². The van der Waals surface area contributed by atoms with Crippen LogP contribution in [0.25, 0.3) is 0 Å². The molecule has 1 aliphatic heterocycles. The van der Waals surface area contributed by atoms with E-state index in [1.54, 1.807) is 19.9 Å². The van der Waals surface area contributed by atoms with Crippen LogP contribution in [0.2, 0.25) is 0 Å². The second-order valence-corrected chi connectivity index (χ2v) is 5.69. The van der Waals surface area contributed by atoms with E-state index in [0.29, 0.717) is 25.8 Å². The Bertz CT molecular complexity index is 448. The number of nitrogens with one attached hydrogen (secondary N) is 2. The second kappa shape index (κ2) is 9.99. The van der Waals surface area contributed by atoms with Crippen molar-refractivity contribution in [2.75, 3.05) is 13.2 Å². The molecule has 0 aromatic heterocycles. The molecule has 0 radical (unpaired) electrons. The lowest BCUT2D eigenvalue weighted by Crippen LogP contribution is -2.36. The summed E-state index contributed by atoms with van der Waals surface area (Å²) in [7, 11) is 0. The number of hydrogen-bond acceptors (Lipinski definition) is 5. The number of aliphatic hydroxyl groups is 1. The van der Waals surface area contributed by atoms with E-state index in [9.17, 15) is 19.5 Å². The maximum absolute atomic E-state index is 11.9. The molecule has 1 unspecified atom stereocenters. The zero-order valence-corrected chi connectivity index (χ0v) is 13.7. The van der Waals surface area contributed by atoms with Crippen LogP contribution in [0.5, 0.6) is 0 Å². The number of amides is 2. The molecule has 0 bridgehead atoms. The van der Waals surface area contributed by atoms with Gasteiger partial charge in [0.15, 0.2) is 0 Å². The first-order valence-electron chi connectivity index (χ1n) is 8.02. The fourth-order valence-corrected chi connectivity index (χ4v) is 2.37. The summed E-state index contributed by atoms with van der Waals surface area (Å²) in [6.45, 7) is 4.24. The molecular weight excluding hydrogens is 300 g/mol. The average molecular weight is 326 g/mol. The number of aliphatic hydroxyl groups excluding tert-OH is 1. The fraction of sp³-hybridized carbons (Fsp3) is 0.688. The zero-order chi connectivity index (χ0) is 17.2. The van der Waals surface area contributed by atoms with Crippen molar-refractivity contribution in [1.82, 2.24) is 10.6 Å². The van der Waals surface area contributed by atoms with Gasteiger partial charge in [-0.25, -0.2) is 4.79 Å². The van der Waals surface area contributed by atoms with Gasteiger partial charge in [-0.05, 0) is 33.1 Å². The van der Waals surface area contributed by atoms with Crippen LogP contribution in [0, 0.1) is 5.92 Å². The SMILES string of the molecule is CCOC(=O)/C=C/[C@H](C[C@@H]1CCNC1=O)NC(=O)CCC(C)O. The van der Waals surface area contributed by atoms with Crippen molar-refractivity contribution in [3.63, 3.8) is 0 Å². The predicted molar refractivity (Wildman–Crippen MR) is 84.4 cm³/mol. The molecule has 1 heterocycles. The van der Waals surface area contributed by atoms with Gasteiger partial charge in [-0.15, -0.1) is 0 Å². The van der Waals surface area contributed by atoms with Gasteiger partial charge in [-0.3, -0.25) is 9.59 Å². The number of ether oxygens (including phenoxy) is 1. The largest absolute Gasteiger partial charge is 0.463 e. The summed E-state index contributed by atoms with van der Waals surface area (Å²) in [6.07, 6.45) is 3.99. The highest BCUT2D eigenvalue weighted by atomic mass is 16.5.